The van der Waals surface area contributed by atoms with Crippen molar-refractivity contribution in [3.05, 3.63) is 39.6 Å². The second kappa shape index (κ2) is 8.07. The van der Waals surface area contributed by atoms with Crippen LogP contribution in [0.15, 0.2) is 23.6 Å². The summed E-state index contributed by atoms with van der Waals surface area (Å²) >= 11 is 2.38. The molecule has 0 radical (unpaired) electrons. The van der Waals surface area contributed by atoms with Gasteiger partial charge >= 0.3 is 6.18 Å². The van der Waals surface area contributed by atoms with E-state index in [0.29, 0.717) is 27.8 Å². The quantitative estimate of drug-likeness (QED) is 0.495. The molecule has 1 amide bonds. The molecule has 0 unspecified atom stereocenters. The van der Waals surface area contributed by atoms with E-state index < -0.39 is 11.7 Å². The van der Waals surface area contributed by atoms with Crippen LogP contribution in [0, 0.1) is 12.8 Å². The Bertz CT molecular complexity index is 1020. The molecule has 1 N–H and O–H groups in total. The first-order chi connectivity index (χ1) is 13.8. The minimum absolute atomic E-state index is 0.0330. The van der Waals surface area contributed by atoms with Gasteiger partial charge < -0.3 is 5.32 Å². The highest BCUT2D eigenvalue weighted by molar-refractivity contribution is 7.20. The minimum atomic E-state index is -4.52. The van der Waals surface area contributed by atoms with Crippen molar-refractivity contribution in [2.24, 2.45) is 5.92 Å². The van der Waals surface area contributed by atoms with Crippen LogP contribution in [-0.4, -0.2) is 17.4 Å². The van der Waals surface area contributed by atoms with E-state index in [-0.39, 0.29) is 21.8 Å². The highest BCUT2D eigenvalue weighted by atomic mass is 32.1. The maximum absolute atomic E-state index is 13.8. The van der Waals surface area contributed by atoms with Gasteiger partial charge in [0.1, 0.15) is 4.83 Å². The molecule has 4 rings (SSSR count). The number of nitrogens with zero attached hydrogens (tertiary/aromatic N) is 1. The molecule has 3 heterocycles. The number of thiophene rings is 2. The van der Waals surface area contributed by atoms with E-state index in [1.54, 1.807) is 24.4 Å². The molecule has 0 aromatic carbocycles. The normalized spacial score (nSPS) is 15.7. The Morgan fingerprint density at radius 3 is 2.69 bits per heavy atom. The lowest BCUT2D eigenvalue weighted by atomic mass is 9.89. The van der Waals surface area contributed by atoms with Crippen LogP contribution in [0.5, 0.6) is 0 Å². The number of carbonyl (C=O) groups is 1. The number of fused-ring (bicyclic) bond motifs is 1. The Balaban J connectivity index is 1.70. The van der Waals surface area contributed by atoms with Crippen LogP contribution in [0.2, 0.25) is 0 Å². The molecule has 1 saturated carbocycles. The number of amides is 1. The molecule has 1 aliphatic carbocycles. The Kier molecular flexibility index (Phi) is 5.66. The first-order valence-corrected chi connectivity index (χ1v) is 11.4. The van der Waals surface area contributed by atoms with Crippen LogP contribution < -0.4 is 5.32 Å². The number of aryl methyl sites for hydroxylation is 1. The van der Waals surface area contributed by atoms with Gasteiger partial charge in [-0.05, 0) is 48.8 Å². The molecule has 0 saturated heterocycles. The van der Waals surface area contributed by atoms with E-state index >= 15 is 0 Å². The van der Waals surface area contributed by atoms with Crippen molar-refractivity contribution in [1.82, 2.24) is 10.3 Å². The lowest BCUT2D eigenvalue weighted by Crippen LogP contribution is -2.30. The number of rotatable bonds is 4. The third-order valence-corrected chi connectivity index (χ3v) is 7.54. The van der Waals surface area contributed by atoms with Gasteiger partial charge in [0.15, 0.2) is 0 Å². The minimum Gasteiger partial charge on any atom is -0.351 e. The predicted octanol–water partition coefficient (Wildman–Crippen LogP) is 6.66. The van der Waals surface area contributed by atoms with E-state index in [4.69, 9.17) is 0 Å². The van der Waals surface area contributed by atoms with Crippen molar-refractivity contribution in [3.8, 4) is 10.6 Å². The van der Waals surface area contributed by atoms with Gasteiger partial charge in [-0.1, -0.05) is 25.3 Å². The fourth-order valence-corrected chi connectivity index (χ4v) is 5.75. The summed E-state index contributed by atoms with van der Waals surface area (Å²) in [6.45, 7) is 2.16. The highest BCUT2D eigenvalue weighted by Gasteiger charge is 2.36. The summed E-state index contributed by atoms with van der Waals surface area (Å²) in [5.74, 6) is 0.151. The van der Waals surface area contributed by atoms with E-state index in [9.17, 15) is 18.0 Å². The summed E-state index contributed by atoms with van der Waals surface area (Å²) in [7, 11) is 0. The summed E-state index contributed by atoms with van der Waals surface area (Å²) in [5.41, 5.74) is -0.0927. The van der Waals surface area contributed by atoms with E-state index in [1.165, 1.54) is 30.6 Å². The van der Waals surface area contributed by atoms with E-state index in [0.717, 1.165) is 30.2 Å². The molecule has 0 bridgehead atoms. The predicted molar refractivity (Wildman–Crippen MR) is 112 cm³/mol. The molecule has 3 nitrogen and oxygen atoms in total. The van der Waals surface area contributed by atoms with Gasteiger partial charge in [0.05, 0.1) is 21.0 Å². The molecule has 3 aromatic heterocycles. The average Bonchev–Trinajstić information content (AvgIpc) is 3.34. The number of hydrogen-bond acceptors (Lipinski definition) is 4. The Hall–Kier alpha value is -1.93. The van der Waals surface area contributed by atoms with Crippen LogP contribution in [0.3, 0.4) is 0 Å². The van der Waals surface area contributed by atoms with E-state index in [2.05, 4.69) is 10.3 Å². The second-order valence-corrected chi connectivity index (χ2v) is 9.43. The monoisotopic (exact) mass is 438 g/mol. The topological polar surface area (TPSA) is 42.0 Å². The molecule has 3 aromatic rings. The molecule has 0 spiro atoms. The zero-order valence-electron chi connectivity index (χ0n) is 15.9. The molecule has 0 atom stereocenters. The molecule has 154 valence electrons. The first-order valence-electron chi connectivity index (χ1n) is 9.68. The standard InChI is InChI=1S/C21H21F3N2OS2/c1-12-17-14(21(22,23)24)10-15(16-8-5-9-28-16)26-20(17)29-18(12)19(27)25-11-13-6-3-2-4-7-13/h5,8-10,13H,2-4,6-7,11H2,1H3,(H,25,27). The fourth-order valence-electron chi connectivity index (χ4n) is 3.94. The van der Waals surface area contributed by atoms with Gasteiger partial charge in [0.2, 0.25) is 0 Å². The van der Waals surface area contributed by atoms with Crippen molar-refractivity contribution < 1.29 is 18.0 Å². The molecule has 29 heavy (non-hydrogen) atoms. The number of halogens is 3. The van der Waals surface area contributed by atoms with Crippen molar-refractivity contribution >= 4 is 38.8 Å². The summed E-state index contributed by atoms with van der Waals surface area (Å²) < 4.78 is 41.4. The van der Waals surface area contributed by atoms with Crippen LogP contribution in [0.4, 0.5) is 13.2 Å². The van der Waals surface area contributed by atoms with Crippen molar-refractivity contribution in [1.29, 1.82) is 0 Å². The van der Waals surface area contributed by atoms with Crippen molar-refractivity contribution in [2.45, 2.75) is 45.2 Å². The van der Waals surface area contributed by atoms with Gasteiger partial charge in [0.25, 0.3) is 5.91 Å². The molecular formula is C21H21F3N2OS2. The van der Waals surface area contributed by atoms with Crippen molar-refractivity contribution in [2.75, 3.05) is 6.54 Å². The highest BCUT2D eigenvalue weighted by Crippen LogP contribution is 2.42. The lowest BCUT2D eigenvalue weighted by molar-refractivity contribution is -0.136. The van der Waals surface area contributed by atoms with Gasteiger partial charge in [-0.3, -0.25) is 4.79 Å². The third-order valence-electron chi connectivity index (χ3n) is 5.46. The SMILES string of the molecule is Cc1c(C(=O)NCC2CCCCC2)sc2nc(-c3cccs3)cc(C(F)(F)F)c12. The zero-order chi connectivity index (χ0) is 20.6. The van der Waals surface area contributed by atoms with Crippen LogP contribution in [-0.2, 0) is 6.18 Å². The Morgan fingerprint density at radius 2 is 2.03 bits per heavy atom. The number of pyridine rings is 1. The number of nitrogens with one attached hydrogen (secondary N) is 1. The lowest BCUT2D eigenvalue weighted by Gasteiger charge is -2.21. The number of alkyl halides is 3. The maximum Gasteiger partial charge on any atom is 0.417 e. The third kappa shape index (κ3) is 4.19. The molecular weight excluding hydrogens is 417 g/mol. The van der Waals surface area contributed by atoms with Crippen molar-refractivity contribution in [3.63, 3.8) is 0 Å². The van der Waals surface area contributed by atoms with Gasteiger partial charge in [-0.15, -0.1) is 22.7 Å². The summed E-state index contributed by atoms with van der Waals surface area (Å²) in [6, 6.07) is 4.62. The molecule has 1 fully saturated rings. The molecule has 1 aliphatic rings. The second-order valence-electron chi connectivity index (χ2n) is 7.48. The first kappa shape index (κ1) is 20.3. The Morgan fingerprint density at radius 1 is 1.28 bits per heavy atom. The fraction of sp³-hybridized carbons (Fsp3) is 0.429. The van der Waals surface area contributed by atoms with Gasteiger partial charge in [-0.2, -0.15) is 13.2 Å². The smallest absolute Gasteiger partial charge is 0.351 e. The maximum atomic E-state index is 13.8. The zero-order valence-corrected chi connectivity index (χ0v) is 17.6. The molecule has 0 aliphatic heterocycles. The van der Waals surface area contributed by atoms with Gasteiger partial charge in [0, 0.05) is 11.9 Å². The molecule has 8 heteroatoms. The largest absolute Gasteiger partial charge is 0.417 e. The summed E-state index contributed by atoms with van der Waals surface area (Å²) in [4.78, 5) is 18.4. The number of carbonyl (C=O) groups excluding carboxylic acids is 1. The van der Waals surface area contributed by atoms with Crippen LogP contribution in [0.1, 0.15) is 52.9 Å². The number of aromatic nitrogens is 1. The van der Waals surface area contributed by atoms with Crippen LogP contribution in [0.25, 0.3) is 20.8 Å². The van der Waals surface area contributed by atoms with Gasteiger partial charge in [-0.25, -0.2) is 4.98 Å². The summed E-state index contributed by atoms with van der Waals surface area (Å²) in [6.07, 6.45) is 1.25. The Labute approximate surface area is 175 Å². The average molecular weight is 439 g/mol. The van der Waals surface area contributed by atoms with E-state index in [1.807, 2.05) is 0 Å². The van der Waals surface area contributed by atoms with Crippen LogP contribution >= 0.6 is 22.7 Å². The summed E-state index contributed by atoms with van der Waals surface area (Å²) in [5, 5.41) is 4.77. The number of hydrogen-bond donors (Lipinski definition) is 1.